The van der Waals surface area contributed by atoms with E-state index in [1.165, 1.54) is 0 Å². The SMILES string of the molecule is COc1ccc(N2CCN(C(=O)CCNc3cc(OC)ccc3OC)CC2)cc1. The van der Waals surface area contributed by atoms with Crippen LogP contribution in [0.15, 0.2) is 42.5 Å². The zero-order chi connectivity index (χ0) is 20.6. The van der Waals surface area contributed by atoms with Crippen LogP contribution >= 0.6 is 0 Å². The molecule has 156 valence electrons. The Bertz CT molecular complexity index is 802. The number of ether oxygens (including phenoxy) is 3. The number of methoxy groups -OCH3 is 3. The molecule has 1 aliphatic heterocycles. The summed E-state index contributed by atoms with van der Waals surface area (Å²) >= 11 is 0. The average molecular weight is 399 g/mol. The largest absolute Gasteiger partial charge is 0.497 e. The van der Waals surface area contributed by atoms with E-state index in [4.69, 9.17) is 14.2 Å². The zero-order valence-electron chi connectivity index (χ0n) is 17.3. The van der Waals surface area contributed by atoms with Crippen LogP contribution < -0.4 is 24.4 Å². The van der Waals surface area contributed by atoms with Crippen molar-refractivity contribution in [3.63, 3.8) is 0 Å². The minimum Gasteiger partial charge on any atom is -0.497 e. The lowest BCUT2D eigenvalue weighted by Crippen LogP contribution is -2.49. The molecule has 0 saturated carbocycles. The monoisotopic (exact) mass is 399 g/mol. The molecule has 1 heterocycles. The van der Waals surface area contributed by atoms with Crippen LogP contribution in [0.5, 0.6) is 17.2 Å². The standard InChI is InChI=1S/C22H29N3O4/c1-27-18-6-4-17(5-7-18)24-12-14-25(15-13-24)22(26)10-11-23-20-16-19(28-2)8-9-21(20)29-3/h4-9,16,23H,10-15H2,1-3H3. The van der Waals surface area contributed by atoms with Crippen molar-refractivity contribution in [2.45, 2.75) is 6.42 Å². The molecule has 1 amide bonds. The maximum atomic E-state index is 12.6. The summed E-state index contributed by atoms with van der Waals surface area (Å²) in [7, 11) is 4.92. The lowest BCUT2D eigenvalue weighted by Gasteiger charge is -2.36. The number of carbonyl (C=O) groups is 1. The number of piperazine rings is 1. The van der Waals surface area contributed by atoms with Gasteiger partial charge in [-0.15, -0.1) is 0 Å². The number of benzene rings is 2. The normalized spacial score (nSPS) is 13.8. The fourth-order valence-electron chi connectivity index (χ4n) is 3.42. The van der Waals surface area contributed by atoms with Crippen molar-refractivity contribution in [1.82, 2.24) is 4.90 Å². The molecule has 0 bridgehead atoms. The third kappa shape index (κ3) is 5.25. The Morgan fingerprint density at radius 3 is 2.17 bits per heavy atom. The van der Waals surface area contributed by atoms with Gasteiger partial charge in [0, 0.05) is 50.9 Å². The number of hydrogen-bond acceptors (Lipinski definition) is 6. The van der Waals surface area contributed by atoms with Crippen LogP contribution in [0.1, 0.15) is 6.42 Å². The third-order valence-electron chi connectivity index (χ3n) is 5.13. The van der Waals surface area contributed by atoms with Gasteiger partial charge in [0.05, 0.1) is 27.0 Å². The molecule has 2 aromatic rings. The molecule has 1 aliphatic rings. The smallest absolute Gasteiger partial charge is 0.224 e. The van der Waals surface area contributed by atoms with Crippen molar-refractivity contribution in [1.29, 1.82) is 0 Å². The Labute approximate surface area is 172 Å². The maximum Gasteiger partial charge on any atom is 0.224 e. The van der Waals surface area contributed by atoms with Crippen LogP contribution in [-0.2, 0) is 4.79 Å². The number of anilines is 2. The van der Waals surface area contributed by atoms with Crippen LogP contribution in [0.4, 0.5) is 11.4 Å². The van der Waals surface area contributed by atoms with E-state index < -0.39 is 0 Å². The molecular weight excluding hydrogens is 370 g/mol. The molecule has 0 atom stereocenters. The Morgan fingerprint density at radius 1 is 0.897 bits per heavy atom. The Kier molecular flexibility index (Phi) is 7.05. The van der Waals surface area contributed by atoms with Gasteiger partial charge in [-0.3, -0.25) is 4.79 Å². The summed E-state index contributed by atoms with van der Waals surface area (Å²) in [6.45, 7) is 3.66. The predicted octanol–water partition coefficient (Wildman–Crippen LogP) is 2.86. The summed E-state index contributed by atoms with van der Waals surface area (Å²) in [6, 6.07) is 13.6. The van der Waals surface area contributed by atoms with Crippen LogP contribution in [0.3, 0.4) is 0 Å². The lowest BCUT2D eigenvalue weighted by molar-refractivity contribution is -0.131. The summed E-state index contributed by atoms with van der Waals surface area (Å²) in [4.78, 5) is 16.8. The van der Waals surface area contributed by atoms with E-state index in [2.05, 4.69) is 22.3 Å². The summed E-state index contributed by atoms with van der Waals surface area (Å²) in [6.07, 6.45) is 0.433. The minimum atomic E-state index is 0.161. The zero-order valence-corrected chi connectivity index (χ0v) is 17.3. The molecule has 3 rings (SSSR count). The molecule has 2 aromatic carbocycles. The minimum absolute atomic E-state index is 0.161. The van der Waals surface area contributed by atoms with Crippen molar-refractivity contribution in [2.24, 2.45) is 0 Å². The van der Waals surface area contributed by atoms with Crippen LogP contribution in [0.2, 0.25) is 0 Å². The van der Waals surface area contributed by atoms with Gasteiger partial charge in [-0.1, -0.05) is 0 Å². The summed E-state index contributed by atoms with van der Waals surface area (Å²) in [5, 5.41) is 3.28. The summed E-state index contributed by atoms with van der Waals surface area (Å²) in [5.74, 6) is 2.48. The quantitative estimate of drug-likeness (QED) is 0.737. The molecule has 29 heavy (non-hydrogen) atoms. The van der Waals surface area contributed by atoms with Gasteiger partial charge in [0.2, 0.25) is 5.91 Å². The van der Waals surface area contributed by atoms with Gasteiger partial charge in [-0.25, -0.2) is 0 Å². The molecule has 1 N–H and O–H groups in total. The van der Waals surface area contributed by atoms with E-state index in [-0.39, 0.29) is 5.91 Å². The second-order valence-electron chi connectivity index (χ2n) is 6.81. The molecule has 0 unspecified atom stereocenters. The van der Waals surface area contributed by atoms with Crippen LogP contribution in [0.25, 0.3) is 0 Å². The number of rotatable bonds is 8. The Hall–Kier alpha value is -3.09. The highest BCUT2D eigenvalue weighted by Gasteiger charge is 2.21. The molecular formula is C22H29N3O4. The summed E-state index contributed by atoms with van der Waals surface area (Å²) < 4.78 is 15.8. The first-order valence-corrected chi connectivity index (χ1v) is 9.77. The fraction of sp³-hybridized carbons (Fsp3) is 0.409. The van der Waals surface area contributed by atoms with Crippen LogP contribution in [0, 0.1) is 0 Å². The van der Waals surface area contributed by atoms with Gasteiger partial charge in [0.25, 0.3) is 0 Å². The molecule has 1 saturated heterocycles. The van der Waals surface area contributed by atoms with Gasteiger partial charge in [0.1, 0.15) is 17.2 Å². The predicted molar refractivity (Wildman–Crippen MR) is 114 cm³/mol. The van der Waals surface area contributed by atoms with Crippen molar-refractivity contribution < 1.29 is 19.0 Å². The van der Waals surface area contributed by atoms with Gasteiger partial charge in [0.15, 0.2) is 0 Å². The third-order valence-corrected chi connectivity index (χ3v) is 5.13. The average Bonchev–Trinajstić information content (AvgIpc) is 2.79. The molecule has 0 aromatic heterocycles. The number of nitrogens with zero attached hydrogens (tertiary/aromatic N) is 2. The van der Waals surface area contributed by atoms with E-state index in [0.717, 1.165) is 54.8 Å². The number of carbonyl (C=O) groups excluding carboxylic acids is 1. The van der Waals surface area contributed by atoms with Crippen molar-refractivity contribution in [3.05, 3.63) is 42.5 Å². The van der Waals surface area contributed by atoms with Crippen LogP contribution in [-0.4, -0.2) is 64.9 Å². The first-order chi connectivity index (χ1) is 14.1. The van der Waals surface area contributed by atoms with Gasteiger partial charge < -0.3 is 29.3 Å². The molecule has 7 heteroatoms. The van der Waals surface area contributed by atoms with Gasteiger partial charge >= 0.3 is 0 Å². The van der Waals surface area contributed by atoms with E-state index in [9.17, 15) is 4.79 Å². The van der Waals surface area contributed by atoms with Gasteiger partial charge in [-0.05, 0) is 36.4 Å². The second kappa shape index (κ2) is 9.91. The highest BCUT2D eigenvalue weighted by Crippen LogP contribution is 2.28. The maximum absolute atomic E-state index is 12.6. The molecule has 0 spiro atoms. The van der Waals surface area contributed by atoms with E-state index >= 15 is 0 Å². The lowest BCUT2D eigenvalue weighted by atomic mass is 10.2. The van der Waals surface area contributed by atoms with Crippen molar-refractivity contribution in [2.75, 3.05) is 64.3 Å². The Balaban J connectivity index is 1.46. The summed E-state index contributed by atoms with van der Waals surface area (Å²) in [5.41, 5.74) is 1.98. The molecule has 7 nitrogen and oxygen atoms in total. The topological polar surface area (TPSA) is 63.3 Å². The number of amides is 1. The van der Waals surface area contributed by atoms with Crippen molar-refractivity contribution >= 4 is 17.3 Å². The van der Waals surface area contributed by atoms with Crippen molar-refractivity contribution in [3.8, 4) is 17.2 Å². The molecule has 0 aliphatic carbocycles. The highest BCUT2D eigenvalue weighted by atomic mass is 16.5. The second-order valence-corrected chi connectivity index (χ2v) is 6.81. The fourth-order valence-corrected chi connectivity index (χ4v) is 3.42. The van der Waals surface area contributed by atoms with E-state index in [1.807, 2.05) is 35.2 Å². The molecule has 1 fully saturated rings. The van der Waals surface area contributed by atoms with Gasteiger partial charge in [-0.2, -0.15) is 0 Å². The first-order valence-electron chi connectivity index (χ1n) is 9.77. The van der Waals surface area contributed by atoms with E-state index in [1.54, 1.807) is 21.3 Å². The number of nitrogens with one attached hydrogen (secondary N) is 1. The molecule has 0 radical (unpaired) electrons. The number of hydrogen-bond donors (Lipinski definition) is 1. The first kappa shape index (κ1) is 20.6. The Morgan fingerprint density at radius 2 is 1.55 bits per heavy atom. The highest BCUT2D eigenvalue weighted by molar-refractivity contribution is 5.77. The van der Waals surface area contributed by atoms with E-state index in [0.29, 0.717) is 13.0 Å².